The molecule has 0 atom stereocenters. The Kier molecular flexibility index (Phi) is 4.09. The number of aromatic nitrogens is 4. The quantitative estimate of drug-likeness (QED) is 0.777. The molecule has 1 fully saturated rings. The van der Waals surface area contributed by atoms with E-state index < -0.39 is 0 Å². The maximum absolute atomic E-state index is 12.5. The van der Waals surface area contributed by atoms with Crippen LogP contribution in [0, 0.1) is 6.92 Å². The van der Waals surface area contributed by atoms with Gasteiger partial charge >= 0.3 is 0 Å². The number of hydrogen-bond acceptors (Lipinski definition) is 6. The number of nitrogens with one attached hydrogen (secondary N) is 1. The van der Waals surface area contributed by atoms with E-state index in [1.807, 2.05) is 30.2 Å². The highest BCUT2D eigenvalue weighted by molar-refractivity contribution is 5.87. The minimum absolute atomic E-state index is 0.0764. The molecule has 8 nitrogen and oxygen atoms in total. The van der Waals surface area contributed by atoms with E-state index in [2.05, 4.69) is 25.0 Å². The molecule has 0 bridgehead atoms. The Bertz CT molecular complexity index is 886. The molecule has 3 aromatic rings. The molecule has 0 aromatic carbocycles. The molecule has 25 heavy (non-hydrogen) atoms. The molecule has 1 amide bonds. The second kappa shape index (κ2) is 6.54. The number of aryl methyl sites for hydroxylation is 1. The van der Waals surface area contributed by atoms with Crippen LogP contribution in [0.4, 0.5) is 5.82 Å². The molecule has 130 valence electrons. The van der Waals surface area contributed by atoms with Crippen LogP contribution in [-0.4, -0.2) is 57.1 Å². The zero-order valence-corrected chi connectivity index (χ0v) is 14.1. The Balaban J connectivity index is 1.45. The van der Waals surface area contributed by atoms with Crippen LogP contribution in [0.25, 0.3) is 11.0 Å². The van der Waals surface area contributed by atoms with E-state index in [9.17, 15) is 4.79 Å². The fourth-order valence-corrected chi connectivity index (χ4v) is 3.25. The average Bonchev–Trinajstić information content (AvgIpc) is 3.16. The number of H-pyrrole nitrogens is 1. The first-order valence-electron chi connectivity index (χ1n) is 8.44. The Hall–Kier alpha value is -2.90. The highest BCUT2D eigenvalue weighted by Crippen LogP contribution is 2.23. The summed E-state index contributed by atoms with van der Waals surface area (Å²) in [5.41, 5.74) is 1.63. The third-order valence-electron chi connectivity index (χ3n) is 4.48. The van der Waals surface area contributed by atoms with Crippen molar-refractivity contribution >= 4 is 22.8 Å². The van der Waals surface area contributed by atoms with Crippen LogP contribution in [0.1, 0.15) is 17.9 Å². The van der Waals surface area contributed by atoms with E-state index in [4.69, 9.17) is 4.52 Å². The molecule has 1 aliphatic heterocycles. The van der Waals surface area contributed by atoms with Gasteiger partial charge in [-0.25, -0.2) is 9.97 Å². The Morgan fingerprint density at radius 1 is 1.28 bits per heavy atom. The van der Waals surface area contributed by atoms with E-state index in [0.29, 0.717) is 12.3 Å². The van der Waals surface area contributed by atoms with Crippen molar-refractivity contribution in [2.24, 2.45) is 0 Å². The van der Waals surface area contributed by atoms with Gasteiger partial charge in [0.15, 0.2) is 0 Å². The number of aromatic amines is 1. The van der Waals surface area contributed by atoms with Crippen molar-refractivity contribution < 1.29 is 9.32 Å². The second-order valence-corrected chi connectivity index (χ2v) is 6.27. The zero-order chi connectivity index (χ0) is 17.2. The van der Waals surface area contributed by atoms with E-state index in [1.54, 1.807) is 6.33 Å². The van der Waals surface area contributed by atoms with Crippen LogP contribution >= 0.6 is 0 Å². The molecule has 0 unspecified atom stereocenters. The lowest BCUT2D eigenvalue weighted by Gasteiger charge is -2.23. The first kappa shape index (κ1) is 15.6. The molecule has 1 saturated heterocycles. The lowest BCUT2D eigenvalue weighted by Crippen LogP contribution is -2.36. The number of hydrogen-bond donors (Lipinski definition) is 1. The third kappa shape index (κ3) is 3.19. The number of nitrogens with zero attached hydrogens (tertiary/aromatic N) is 5. The number of anilines is 1. The van der Waals surface area contributed by atoms with Gasteiger partial charge in [-0.05, 0) is 19.4 Å². The van der Waals surface area contributed by atoms with Crippen molar-refractivity contribution in [3.8, 4) is 0 Å². The largest absolute Gasteiger partial charge is 0.361 e. The van der Waals surface area contributed by atoms with Gasteiger partial charge in [0.05, 0.1) is 17.5 Å². The summed E-state index contributed by atoms with van der Waals surface area (Å²) < 4.78 is 5.16. The molecule has 1 aliphatic rings. The van der Waals surface area contributed by atoms with E-state index in [0.717, 1.165) is 48.6 Å². The standard InChI is InChI=1S/C17H20N6O2/c1-12-9-13(25-21-12)10-15(24)22-5-2-6-23(8-7-22)17-14-3-4-18-16(14)19-11-20-17/h3-4,9,11H,2,5-8,10H2,1H3,(H,18,19,20). The Morgan fingerprint density at radius 2 is 2.20 bits per heavy atom. The van der Waals surface area contributed by atoms with Crippen molar-refractivity contribution in [2.75, 3.05) is 31.1 Å². The molecule has 4 rings (SSSR count). The molecule has 3 aromatic heterocycles. The van der Waals surface area contributed by atoms with E-state index in [-0.39, 0.29) is 12.3 Å². The smallest absolute Gasteiger partial charge is 0.230 e. The van der Waals surface area contributed by atoms with Gasteiger partial charge < -0.3 is 19.3 Å². The number of carbonyl (C=O) groups excluding carboxylic acids is 1. The van der Waals surface area contributed by atoms with Crippen LogP contribution in [-0.2, 0) is 11.2 Å². The van der Waals surface area contributed by atoms with Gasteiger partial charge in [-0.1, -0.05) is 5.16 Å². The molecular weight excluding hydrogens is 320 g/mol. The van der Waals surface area contributed by atoms with Crippen LogP contribution in [0.15, 0.2) is 29.2 Å². The van der Waals surface area contributed by atoms with Gasteiger partial charge in [0.2, 0.25) is 5.91 Å². The second-order valence-electron chi connectivity index (χ2n) is 6.27. The predicted molar refractivity (Wildman–Crippen MR) is 92.2 cm³/mol. The minimum Gasteiger partial charge on any atom is -0.361 e. The van der Waals surface area contributed by atoms with Gasteiger partial charge in [-0.15, -0.1) is 0 Å². The third-order valence-corrected chi connectivity index (χ3v) is 4.48. The average molecular weight is 340 g/mol. The number of carbonyl (C=O) groups is 1. The van der Waals surface area contributed by atoms with Crippen molar-refractivity contribution in [1.29, 1.82) is 0 Å². The predicted octanol–water partition coefficient (Wildman–Crippen LogP) is 1.54. The van der Waals surface area contributed by atoms with E-state index in [1.165, 1.54) is 0 Å². The van der Waals surface area contributed by atoms with Crippen molar-refractivity contribution in [3.63, 3.8) is 0 Å². The summed E-state index contributed by atoms with van der Waals surface area (Å²) in [5.74, 6) is 1.62. The zero-order valence-electron chi connectivity index (χ0n) is 14.1. The highest BCUT2D eigenvalue weighted by Gasteiger charge is 2.22. The molecule has 8 heteroatoms. The van der Waals surface area contributed by atoms with Crippen LogP contribution in [0.5, 0.6) is 0 Å². The SMILES string of the molecule is Cc1cc(CC(=O)N2CCCN(c3ncnc4[nH]ccc34)CC2)on1. The molecule has 0 spiro atoms. The molecule has 4 heterocycles. The number of amides is 1. The summed E-state index contributed by atoms with van der Waals surface area (Å²) in [4.78, 5) is 28.5. The summed E-state index contributed by atoms with van der Waals surface area (Å²) in [6.07, 6.45) is 4.61. The first-order valence-corrected chi connectivity index (χ1v) is 8.44. The number of rotatable bonds is 3. The lowest BCUT2D eigenvalue weighted by molar-refractivity contribution is -0.130. The van der Waals surface area contributed by atoms with Crippen LogP contribution < -0.4 is 4.90 Å². The van der Waals surface area contributed by atoms with Gasteiger partial charge in [0.1, 0.15) is 23.6 Å². The van der Waals surface area contributed by atoms with Crippen LogP contribution in [0.3, 0.4) is 0 Å². The highest BCUT2D eigenvalue weighted by atomic mass is 16.5. The first-order chi connectivity index (χ1) is 12.2. The Morgan fingerprint density at radius 3 is 3.04 bits per heavy atom. The van der Waals surface area contributed by atoms with Crippen molar-refractivity contribution in [2.45, 2.75) is 19.8 Å². The summed E-state index contributed by atoms with van der Waals surface area (Å²) in [5, 5.41) is 4.85. The van der Waals surface area contributed by atoms with Crippen molar-refractivity contribution in [3.05, 3.63) is 36.1 Å². The van der Waals surface area contributed by atoms with Gasteiger partial charge in [-0.3, -0.25) is 4.79 Å². The fourth-order valence-electron chi connectivity index (χ4n) is 3.25. The maximum Gasteiger partial charge on any atom is 0.230 e. The van der Waals surface area contributed by atoms with E-state index >= 15 is 0 Å². The normalized spacial score (nSPS) is 15.6. The molecule has 1 N–H and O–H groups in total. The summed E-state index contributed by atoms with van der Waals surface area (Å²) >= 11 is 0. The summed E-state index contributed by atoms with van der Waals surface area (Å²) in [6, 6.07) is 3.80. The molecular formula is C17H20N6O2. The lowest BCUT2D eigenvalue weighted by atomic mass is 10.2. The maximum atomic E-state index is 12.5. The molecule has 0 radical (unpaired) electrons. The molecule has 0 aliphatic carbocycles. The van der Waals surface area contributed by atoms with Gasteiger partial charge in [0, 0.05) is 38.4 Å². The minimum atomic E-state index is 0.0764. The van der Waals surface area contributed by atoms with Crippen molar-refractivity contribution in [1.82, 2.24) is 25.0 Å². The number of fused-ring (bicyclic) bond motifs is 1. The summed E-state index contributed by atoms with van der Waals surface area (Å²) in [7, 11) is 0. The topological polar surface area (TPSA) is 91.2 Å². The molecule has 0 saturated carbocycles. The Labute approximate surface area is 144 Å². The summed E-state index contributed by atoms with van der Waals surface area (Å²) in [6.45, 7) is 4.87. The van der Waals surface area contributed by atoms with Gasteiger partial charge in [0.25, 0.3) is 0 Å². The monoisotopic (exact) mass is 340 g/mol. The van der Waals surface area contributed by atoms with Crippen LogP contribution in [0.2, 0.25) is 0 Å². The van der Waals surface area contributed by atoms with Gasteiger partial charge in [-0.2, -0.15) is 0 Å². The fraction of sp³-hybridized carbons (Fsp3) is 0.412.